The molecule has 0 saturated carbocycles. The van der Waals surface area contributed by atoms with E-state index in [1.54, 1.807) is 42.5 Å². The van der Waals surface area contributed by atoms with Crippen LogP contribution in [0.4, 0.5) is 5.69 Å². The average molecular weight is 384 g/mol. The molecule has 3 aromatic rings. The molecule has 2 N–H and O–H groups in total. The predicted octanol–water partition coefficient (Wildman–Crippen LogP) is 3.23. The molecular formula is C24H20N2O3. The first-order chi connectivity index (χ1) is 14.1. The number of rotatable bonds is 6. The zero-order chi connectivity index (χ0) is 20.2. The molecule has 0 heterocycles. The fourth-order valence-corrected chi connectivity index (χ4v) is 3.52. The third-order valence-electron chi connectivity index (χ3n) is 4.95. The molecule has 0 spiro atoms. The number of anilines is 1. The van der Waals surface area contributed by atoms with Gasteiger partial charge in [-0.15, -0.1) is 0 Å². The molecule has 0 bridgehead atoms. The van der Waals surface area contributed by atoms with Gasteiger partial charge in [-0.2, -0.15) is 0 Å². The van der Waals surface area contributed by atoms with Crippen LogP contribution in [0.15, 0.2) is 72.8 Å². The Morgan fingerprint density at radius 3 is 2.14 bits per heavy atom. The van der Waals surface area contributed by atoms with E-state index in [0.717, 1.165) is 6.42 Å². The fraction of sp³-hybridized carbons (Fsp3) is 0.125. The molecule has 0 aliphatic heterocycles. The lowest BCUT2D eigenvalue weighted by Gasteiger charge is -2.20. The molecule has 0 saturated heterocycles. The second-order valence-corrected chi connectivity index (χ2v) is 6.89. The quantitative estimate of drug-likeness (QED) is 0.501. The molecule has 144 valence electrons. The van der Waals surface area contributed by atoms with Crippen LogP contribution in [0.25, 0.3) is 0 Å². The third-order valence-corrected chi connectivity index (χ3v) is 4.95. The van der Waals surface area contributed by atoms with Crippen LogP contribution in [-0.4, -0.2) is 30.6 Å². The summed E-state index contributed by atoms with van der Waals surface area (Å²) in [4.78, 5) is 38.1. The van der Waals surface area contributed by atoms with Crippen LogP contribution in [0.1, 0.15) is 37.4 Å². The van der Waals surface area contributed by atoms with Crippen molar-refractivity contribution in [2.24, 2.45) is 0 Å². The van der Waals surface area contributed by atoms with Gasteiger partial charge in [-0.05, 0) is 24.6 Å². The average Bonchev–Trinajstić information content (AvgIpc) is 2.76. The number of hydrogen-bond donors (Lipinski definition) is 2. The van der Waals surface area contributed by atoms with Crippen molar-refractivity contribution >= 4 is 23.2 Å². The molecule has 1 aliphatic carbocycles. The minimum absolute atomic E-state index is 0.120. The Morgan fingerprint density at radius 2 is 1.38 bits per heavy atom. The van der Waals surface area contributed by atoms with Gasteiger partial charge in [0.15, 0.2) is 11.6 Å². The first-order valence-electron chi connectivity index (χ1n) is 9.51. The lowest BCUT2D eigenvalue weighted by molar-refractivity contribution is -0.115. The predicted molar refractivity (Wildman–Crippen MR) is 111 cm³/mol. The van der Waals surface area contributed by atoms with Crippen molar-refractivity contribution < 1.29 is 14.4 Å². The van der Waals surface area contributed by atoms with Gasteiger partial charge in [0.2, 0.25) is 5.91 Å². The summed E-state index contributed by atoms with van der Waals surface area (Å²) in [5, 5.41) is 5.88. The molecule has 4 rings (SSSR count). The van der Waals surface area contributed by atoms with Gasteiger partial charge in [0, 0.05) is 16.7 Å². The SMILES string of the molecule is O=C(CNCCc1ccccc1)Nc1cccc2c1C(=O)c1ccccc1C2=O. The molecule has 1 amide bonds. The van der Waals surface area contributed by atoms with Crippen LogP contribution in [0.3, 0.4) is 0 Å². The van der Waals surface area contributed by atoms with Crippen molar-refractivity contribution in [3.05, 3.63) is 101 Å². The Morgan fingerprint density at radius 1 is 0.724 bits per heavy atom. The number of amides is 1. The van der Waals surface area contributed by atoms with E-state index in [0.29, 0.717) is 28.9 Å². The van der Waals surface area contributed by atoms with E-state index in [-0.39, 0.29) is 29.6 Å². The monoisotopic (exact) mass is 384 g/mol. The van der Waals surface area contributed by atoms with Crippen molar-refractivity contribution in [1.82, 2.24) is 5.32 Å². The van der Waals surface area contributed by atoms with E-state index in [9.17, 15) is 14.4 Å². The zero-order valence-electron chi connectivity index (χ0n) is 15.8. The summed E-state index contributed by atoms with van der Waals surface area (Å²) in [6.45, 7) is 0.782. The number of carbonyl (C=O) groups excluding carboxylic acids is 3. The maximum atomic E-state index is 13.0. The zero-order valence-corrected chi connectivity index (χ0v) is 15.8. The van der Waals surface area contributed by atoms with E-state index in [4.69, 9.17) is 0 Å². The summed E-state index contributed by atoms with van der Waals surface area (Å²) in [6.07, 6.45) is 0.818. The van der Waals surface area contributed by atoms with E-state index < -0.39 is 0 Å². The topological polar surface area (TPSA) is 75.3 Å². The maximum absolute atomic E-state index is 13.0. The highest BCUT2D eigenvalue weighted by molar-refractivity contribution is 6.30. The van der Waals surface area contributed by atoms with Crippen LogP contribution in [0, 0.1) is 0 Å². The van der Waals surface area contributed by atoms with Gasteiger partial charge in [0.05, 0.1) is 17.8 Å². The maximum Gasteiger partial charge on any atom is 0.238 e. The van der Waals surface area contributed by atoms with Crippen LogP contribution >= 0.6 is 0 Å². The van der Waals surface area contributed by atoms with Crippen LogP contribution in [-0.2, 0) is 11.2 Å². The van der Waals surface area contributed by atoms with E-state index in [1.807, 2.05) is 30.3 Å². The largest absolute Gasteiger partial charge is 0.324 e. The Kier molecular flexibility index (Phi) is 5.31. The summed E-state index contributed by atoms with van der Waals surface area (Å²) in [6, 6.07) is 21.7. The van der Waals surface area contributed by atoms with Crippen LogP contribution in [0.5, 0.6) is 0 Å². The third kappa shape index (κ3) is 3.86. The van der Waals surface area contributed by atoms with E-state index in [1.165, 1.54) is 5.56 Å². The Balaban J connectivity index is 1.44. The first kappa shape index (κ1) is 18.8. The molecule has 0 atom stereocenters. The Labute approximate surface area is 168 Å². The minimum atomic E-state index is -0.259. The molecule has 0 unspecified atom stereocenters. The van der Waals surface area contributed by atoms with Crippen molar-refractivity contribution in [2.45, 2.75) is 6.42 Å². The number of nitrogens with one attached hydrogen (secondary N) is 2. The number of hydrogen-bond acceptors (Lipinski definition) is 4. The highest BCUT2D eigenvalue weighted by Crippen LogP contribution is 2.31. The van der Waals surface area contributed by atoms with Gasteiger partial charge in [-0.25, -0.2) is 0 Å². The number of carbonyl (C=O) groups is 3. The van der Waals surface area contributed by atoms with Crippen LogP contribution in [0.2, 0.25) is 0 Å². The summed E-state index contributed by atoms with van der Waals surface area (Å²) >= 11 is 0. The van der Waals surface area contributed by atoms with Crippen LogP contribution < -0.4 is 10.6 Å². The van der Waals surface area contributed by atoms with Gasteiger partial charge < -0.3 is 10.6 Å². The van der Waals surface area contributed by atoms with E-state index >= 15 is 0 Å². The fourth-order valence-electron chi connectivity index (χ4n) is 3.52. The molecule has 29 heavy (non-hydrogen) atoms. The van der Waals surface area contributed by atoms with Gasteiger partial charge in [0.1, 0.15) is 0 Å². The van der Waals surface area contributed by atoms with Gasteiger partial charge in [0.25, 0.3) is 0 Å². The van der Waals surface area contributed by atoms with Gasteiger partial charge >= 0.3 is 0 Å². The summed E-state index contributed by atoms with van der Waals surface area (Å²) in [5.41, 5.74) is 2.91. The number of ketones is 2. The molecule has 0 aromatic heterocycles. The number of benzene rings is 3. The summed E-state index contributed by atoms with van der Waals surface area (Å²) in [7, 11) is 0. The van der Waals surface area contributed by atoms with Crippen molar-refractivity contribution in [3.63, 3.8) is 0 Å². The van der Waals surface area contributed by atoms with E-state index in [2.05, 4.69) is 10.6 Å². The summed E-state index contributed by atoms with van der Waals surface area (Å²) < 4.78 is 0. The molecule has 1 aliphatic rings. The molecule has 0 radical (unpaired) electrons. The Bertz CT molecular complexity index is 1090. The van der Waals surface area contributed by atoms with Crippen molar-refractivity contribution in [1.29, 1.82) is 0 Å². The van der Waals surface area contributed by atoms with Gasteiger partial charge in [-0.3, -0.25) is 14.4 Å². The second kappa shape index (κ2) is 8.20. The minimum Gasteiger partial charge on any atom is -0.324 e. The smallest absolute Gasteiger partial charge is 0.238 e. The first-order valence-corrected chi connectivity index (χ1v) is 9.51. The molecule has 5 heteroatoms. The molecule has 5 nitrogen and oxygen atoms in total. The highest BCUT2D eigenvalue weighted by atomic mass is 16.2. The lowest BCUT2D eigenvalue weighted by Crippen LogP contribution is -2.31. The lowest BCUT2D eigenvalue weighted by atomic mass is 9.83. The highest BCUT2D eigenvalue weighted by Gasteiger charge is 2.31. The van der Waals surface area contributed by atoms with Gasteiger partial charge in [-0.1, -0.05) is 66.7 Å². The summed E-state index contributed by atoms with van der Waals surface area (Å²) in [5.74, 6) is -0.707. The number of fused-ring (bicyclic) bond motifs is 2. The second-order valence-electron chi connectivity index (χ2n) is 6.89. The molecule has 0 fully saturated rings. The normalized spacial score (nSPS) is 12.3. The van der Waals surface area contributed by atoms with Crippen molar-refractivity contribution in [3.8, 4) is 0 Å². The molecule has 3 aromatic carbocycles. The molecular weight excluding hydrogens is 364 g/mol. The Hall–Kier alpha value is -3.57. The standard InChI is InChI=1S/C24H20N2O3/c27-21(15-25-14-13-16-7-2-1-3-8-16)26-20-12-6-11-19-22(20)24(29)18-10-5-4-9-17(18)23(19)28/h1-12,25H,13-15H2,(H,26,27). The van der Waals surface area contributed by atoms with Crippen molar-refractivity contribution in [2.75, 3.05) is 18.4 Å².